The number of imidazole rings is 1. The summed E-state index contributed by atoms with van der Waals surface area (Å²) in [4.78, 5) is 6.85. The van der Waals surface area contributed by atoms with Crippen LogP contribution in [0, 0.1) is 0 Å². The lowest BCUT2D eigenvalue weighted by molar-refractivity contribution is 1.06. The summed E-state index contributed by atoms with van der Waals surface area (Å²) in [6.45, 7) is 0. The van der Waals surface area contributed by atoms with Crippen molar-refractivity contribution in [1.82, 2.24) is 9.55 Å². The lowest BCUT2D eigenvalue weighted by Crippen LogP contribution is -2.08. The zero-order chi connectivity index (χ0) is 17.9. The second-order valence-corrected chi connectivity index (χ2v) is 6.45. The van der Waals surface area contributed by atoms with Crippen molar-refractivity contribution in [3.63, 3.8) is 0 Å². The fourth-order valence-corrected chi connectivity index (χ4v) is 3.13. The Hall–Kier alpha value is -3.33. The molecule has 0 amide bonds. The van der Waals surface area contributed by atoms with Gasteiger partial charge in [-0.25, -0.2) is 4.98 Å². The SMILES string of the molecule is CN(C)c1ccc(-n2cnc(-c3ccccc3)c2-c2ccccc2)cc1. The Balaban J connectivity index is 1.89. The molecule has 3 nitrogen and oxygen atoms in total. The molecule has 3 aromatic carbocycles. The van der Waals surface area contributed by atoms with Crippen LogP contribution in [0.4, 0.5) is 5.69 Å². The van der Waals surface area contributed by atoms with Gasteiger partial charge in [-0.3, -0.25) is 4.57 Å². The van der Waals surface area contributed by atoms with Crippen LogP contribution in [0.1, 0.15) is 0 Å². The first-order valence-corrected chi connectivity index (χ1v) is 8.70. The molecular formula is C23H21N3. The maximum Gasteiger partial charge on any atom is 0.100 e. The van der Waals surface area contributed by atoms with Crippen molar-refractivity contribution < 1.29 is 0 Å². The first kappa shape index (κ1) is 16.2. The third-order valence-corrected chi connectivity index (χ3v) is 4.51. The number of benzene rings is 3. The summed E-state index contributed by atoms with van der Waals surface area (Å²) in [7, 11) is 4.10. The average molecular weight is 339 g/mol. The van der Waals surface area contributed by atoms with Gasteiger partial charge in [0.1, 0.15) is 6.33 Å². The van der Waals surface area contributed by atoms with E-state index in [0.29, 0.717) is 0 Å². The zero-order valence-corrected chi connectivity index (χ0v) is 15.0. The Morgan fingerprint density at radius 2 is 1.27 bits per heavy atom. The molecule has 0 unspecified atom stereocenters. The minimum atomic E-state index is 0.994. The molecule has 0 radical (unpaired) electrons. The van der Waals surface area contributed by atoms with Gasteiger partial charge in [0.25, 0.3) is 0 Å². The Morgan fingerprint density at radius 3 is 1.85 bits per heavy atom. The smallest absolute Gasteiger partial charge is 0.100 e. The predicted molar refractivity (Wildman–Crippen MR) is 109 cm³/mol. The van der Waals surface area contributed by atoms with Gasteiger partial charge in [-0.15, -0.1) is 0 Å². The molecule has 3 heteroatoms. The van der Waals surface area contributed by atoms with E-state index in [2.05, 4.69) is 96.4 Å². The summed E-state index contributed by atoms with van der Waals surface area (Å²) in [5.74, 6) is 0. The van der Waals surface area contributed by atoms with E-state index in [1.807, 2.05) is 18.5 Å². The number of rotatable bonds is 4. The van der Waals surface area contributed by atoms with Crippen molar-refractivity contribution in [2.24, 2.45) is 0 Å². The van der Waals surface area contributed by atoms with Crippen LogP contribution in [-0.4, -0.2) is 23.6 Å². The highest BCUT2D eigenvalue weighted by Gasteiger charge is 2.15. The molecule has 26 heavy (non-hydrogen) atoms. The molecule has 128 valence electrons. The van der Waals surface area contributed by atoms with Gasteiger partial charge in [-0.2, -0.15) is 0 Å². The second kappa shape index (κ2) is 6.89. The molecule has 0 saturated carbocycles. The minimum absolute atomic E-state index is 0.994. The van der Waals surface area contributed by atoms with Gasteiger partial charge in [0.05, 0.1) is 11.4 Å². The lowest BCUT2D eigenvalue weighted by atomic mass is 10.0. The van der Waals surface area contributed by atoms with Crippen LogP contribution in [-0.2, 0) is 0 Å². The maximum absolute atomic E-state index is 4.75. The van der Waals surface area contributed by atoms with Gasteiger partial charge in [0.2, 0.25) is 0 Å². The number of aromatic nitrogens is 2. The number of hydrogen-bond donors (Lipinski definition) is 0. The van der Waals surface area contributed by atoms with Gasteiger partial charge in [0, 0.05) is 36.6 Å². The molecule has 4 aromatic rings. The number of hydrogen-bond acceptors (Lipinski definition) is 2. The lowest BCUT2D eigenvalue weighted by Gasteiger charge is -2.14. The molecule has 0 fully saturated rings. The second-order valence-electron chi connectivity index (χ2n) is 6.45. The highest BCUT2D eigenvalue weighted by atomic mass is 15.1. The molecular weight excluding hydrogens is 318 g/mol. The summed E-state index contributed by atoms with van der Waals surface area (Å²) in [5.41, 5.74) is 6.65. The van der Waals surface area contributed by atoms with E-state index >= 15 is 0 Å². The number of nitrogens with zero attached hydrogens (tertiary/aromatic N) is 3. The quantitative estimate of drug-likeness (QED) is 0.505. The summed E-state index contributed by atoms with van der Waals surface area (Å²) >= 11 is 0. The topological polar surface area (TPSA) is 21.1 Å². The van der Waals surface area contributed by atoms with Crippen molar-refractivity contribution in [1.29, 1.82) is 0 Å². The molecule has 0 atom stereocenters. The highest BCUT2D eigenvalue weighted by molar-refractivity contribution is 5.80. The molecule has 0 aliphatic carbocycles. The van der Waals surface area contributed by atoms with E-state index in [1.54, 1.807) is 0 Å². The van der Waals surface area contributed by atoms with Crippen LogP contribution < -0.4 is 4.90 Å². The molecule has 0 aliphatic rings. The highest BCUT2D eigenvalue weighted by Crippen LogP contribution is 2.33. The van der Waals surface area contributed by atoms with E-state index in [1.165, 1.54) is 5.69 Å². The van der Waals surface area contributed by atoms with E-state index in [9.17, 15) is 0 Å². The minimum Gasteiger partial charge on any atom is -0.378 e. The van der Waals surface area contributed by atoms with Crippen LogP contribution in [0.25, 0.3) is 28.2 Å². The van der Waals surface area contributed by atoms with Gasteiger partial charge in [-0.05, 0) is 24.3 Å². The van der Waals surface area contributed by atoms with E-state index in [0.717, 1.165) is 28.2 Å². The van der Waals surface area contributed by atoms with Crippen LogP contribution in [0.15, 0.2) is 91.3 Å². The third-order valence-electron chi connectivity index (χ3n) is 4.51. The molecule has 1 aromatic heterocycles. The largest absolute Gasteiger partial charge is 0.378 e. The first-order chi connectivity index (χ1) is 12.7. The molecule has 4 rings (SSSR count). The third kappa shape index (κ3) is 3.00. The summed E-state index contributed by atoms with van der Waals surface area (Å²) in [6, 6.07) is 29.3. The van der Waals surface area contributed by atoms with Gasteiger partial charge in [0.15, 0.2) is 0 Å². The Morgan fingerprint density at radius 1 is 0.692 bits per heavy atom. The monoisotopic (exact) mass is 339 g/mol. The van der Waals surface area contributed by atoms with Gasteiger partial charge >= 0.3 is 0 Å². The summed E-state index contributed by atoms with van der Waals surface area (Å²) in [6.07, 6.45) is 1.91. The van der Waals surface area contributed by atoms with Crippen LogP contribution in [0.5, 0.6) is 0 Å². The fraction of sp³-hybridized carbons (Fsp3) is 0.0870. The Labute approximate surface area is 154 Å². The Bertz CT molecular complexity index is 985. The molecule has 0 saturated heterocycles. The van der Waals surface area contributed by atoms with E-state index < -0.39 is 0 Å². The van der Waals surface area contributed by atoms with Crippen molar-refractivity contribution in [3.05, 3.63) is 91.3 Å². The number of anilines is 1. The van der Waals surface area contributed by atoms with E-state index in [-0.39, 0.29) is 0 Å². The standard InChI is InChI=1S/C23H21N3/c1-25(2)20-13-15-21(16-14-20)26-17-24-22(18-9-5-3-6-10-18)23(26)19-11-7-4-8-12-19/h3-17H,1-2H3. The summed E-state index contributed by atoms with van der Waals surface area (Å²) < 4.78 is 2.16. The molecule has 0 N–H and O–H groups in total. The Kier molecular flexibility index (Phi) is 4.28. The zero-order valence-electron chi connectivity index (χ0n) is 15.0. The van der Waals surface area contributed by atoms with Crippen molar-refractivity contribution in [2.75, 3.05) is 19.0 Å². The van der Waals surface area contributed by atoms with Crippen molar-refractivity contribution in [2.45, 2.75) is 0 Å². The molecule has 0 aliphatic heterocycles. The molecule has 0 bridgehead atoms. The van der Waals surface area contributed by atoms with Crippen LogP contribution in [0.3, 0.4) is 0 Å². The fourth-order valence-electron chi connectivity index (χ4n) is 3.13. The van der Waals surface area contributed by atoms with Gasteiger partial charge in [-0.1, -0.05) is 60.7 Å². The van der Waals surface area contributed by atoms with Crippen molar-refractivity contribution in [3.8, 4) is 28.2 Å². The predicted octanol–water partition coefficient (Wildman–Crippen LogP) is 5.27. The van der Waals surface area contributed by atoms with Crippen LogP contribution >= 0.6 is 0 Å². The molecule has 1 heterocycles. The van der Waals surface area contributed by atoms with E-state index in [4.69, 9.17) is 4.98 Å². The maximum atomic E-state index is 4.75. The van der Waals surface area contributed by atoms with Gasteiger partial charge < -0.3 is 4.90 Å². The summed E-state index contributed by atoms with van der Waals surface area (Å²) in [5, 5.41) is 0. The average Bonchev–Trinajstić information content (AvgIpc) is 3.14. The molecule has 0 spiro atoms. The van der Waals surface area contributed by atoms with Crippen molar-refractivity contribution >= 4 is 5.69 Å². The van der Waals surface area contributed by atoms with Crippen LogP contribution in [0.2, 0.25) is 0 Å². The normalized spacial score (nSPS) is 10.7. The first-order valence-electron chi connectivity index (χ1n) is 8.70.